The normalized spacial score (nSPS) is 11.7. The van der Waals surface area contributed by atoms with Crippen molar-refractivity contribution >= 4 is 15.9 Å². The molecule has 1 aromatic rings. The van der Waals surface area contributed by atoms with Crippen LogP contribution in [0.4, 0.5) is 0 Å². The van der Waals surface area contributed by atoms with Crippen LogP contribution in [0.15, 0.2) is 22.6 Å². The molecular weight excluding hydrogens is 278 g/mol. The third-order valence-corrected chi connectivity index (χ3v) is 2.58. The maximum absolute atomic E-state index is 11.3. The molecule has 20 heavy (non-hydrogen) atoms. The fraction of sp³-hybridized carbons (Fsp3) is 0.385. The van der Waals surface area contributed by atoms with E-state index < -0.39 is 10.0 Å². The zero-order chi connectivity index (χ0) is 15.0. The monoisotopic (exact) mass is 295 g/mol. The first-order valence-electron chi connectivity index (χ1n) is 6.00. The van der Waals surface area contributed by atoms with E-state index in [9.17, 15) is 8.42 Å². The van der Waals surface area contributed by atoms with Gasteiger partial charge in [0.05, 0.1) is 25.0 Å². The van der Waals surface area contributed by atoms with E-state index >= 15 is 0 Å². The van der Waals surface area contributed by atoms with Crippen LogP contribution >= 0.6 is 0 Å². The van der Waals surface area contributed by atoms with Gasteiger partial charge in [0.25, 0.3) is 10.0 Å². The predicted molar refractivity (Wildman–Crippen MR) is 77.5 cm³/mol. The number of aromatic nitrogens is 1. The van der Waals surface area contributed by atoms with Crippen LogP contribution in [-0.2, 0) is 21.3 Å². The second kappa shape index (κ2) is 7.62. The zero-order valence-corrected chi connectivity index (χ0v) is 12.5. The fourth-order valence-electron chi connectivity index (χ4n) is 1.31. The SMILES string of the molecule is CC#CCc1cccc(/C(=N/S(C)(=O)=O)NOCC)n1. The van der Waals surface area contributed by atoms with Crippen LogP contribution < -0.4 is 5.48 Å². The first-order valence-corrected chi connectivity index (χ1v) is 7.84. The van der Waals surface area contributed by atoms with Gasteiger partial charge < -0.3 is 0 Å². The molecule has 0 saturated heterocycles. The molecule has 0 aliphatic heterocycles. The number of hydrogen-bond donors (Lipinski definition) is 1. The Labute approximate surface area is 119 Å². The molecule has 0 spiro atoms. The summed E-state index contributed by atoms with van der Waals surface area (Å²) < 4.78 is 26.2. The van der Waals surface area contributed by atoms with E-state index in [0.717, 1.165) is 11.9 Å². The van der Waals surface area contributed by atoms with Gasteiger partial charge in [0, 0.05) is 0 Å². The minimum atomic E-state index is -3.55. The van der Waals surface area contributed by atoms with Gasteiger partial charge in [0.1, 0.15) is 5.69 Å². The first kappa shape index (κ1) is 16.1. The summed E-state index contributed by atoms with van der Waals surface area (Å²) in [6.45, 7) is 3.88. The van der Waals surface area contributed by atoms with Crippen molar-refractivity contribution in [3.63, 3.8) is 0 Å². The quantitative estimate of drug-likeness (QED) is 0.378. The number of rotatable bonds is 5. The average molecular weight is 295 g/mol. The second-order valence-electron chi connectivity index (χ2n) is 3.83. The summed E-state index contributed by atoms with van der Waals surface area (Å²) in [6, 6.07) is 5.23. The van der Waals surface area contributed by atoms with Crippen LogP contribution in [0.5, 0.6) is 0 Å². The lowest BCUT2D eigenvalue weighted by Crippen LogP contribution is -2.27. The molecule has 0 fully saturated rings. The molecule has 1 rings (SSSR count). The number of amidine groups is 1. The first-order chi connectivity index (χ1) is 9.46. The Hall–Kier alpha value is -1.91. The maximum Gasteiger partial charge on any atom is 0.252 e. The lowest BCUT2D eigenvalue weighted by molar-refractivity contribution is 0.0972. The Morgan fingerprint density at radius 3 is 2.85 bits per heavy atom. The standard InChI is InChI=1S/C13H17N3O3S/c1-4-6-8-11-9-7-10-12(14-11)13(15-19-5-2)16-20(3,17)18/h7,9-10H,5,8H2,1-3H3,(H,15,16). The van der Waals surface area contributed by atoms with Crippen molar-refractivity contribution < 1.29 is 13.3 Å². The van der Waals surface area contributed by atoms with Gasteiger partial charge in [-0.2, -0.15) is 0 Å². The smallest absolute Gasteiger partial charge is 0.252 e. The van der Waals surface area contributed by atoms with Crippen molar-refractivity contribution in [1.29, 1.82) is 0 Å². The lowest BCUT2D eigenvalue weighted by Gasteiger charge is -2.08. The number of pyridine rings is 1. The van der Waals surface area contributed by atoms with E-state index in [1.165, 1.54) is 0 Å². The summed E-state index contributed by atoms with van der Waals surface area (Å²) in [5.74, 6) is 5.74. The highest BCUT2D eigenvalue weighted by Crippen LogP contribution is 2.03. The number of sulfonamides is 1. The van der Waals surface area contributed by atoms with Gasteiger partial charge in [-0.25, -0.2) is 18.9 Å². The molecule has 0 aromatic carbocycles. The van der Waals surface area contributed by atoms with E-state index in [1.807, 2.05) is 6.07 Å². The zero-order valence-electron chi connectivity index (χ0n) is 11.7. The van der Waals surface area contributed by atoms with Gasteiger partial charge in [0.15, 0.2) is 5.84 Å². The molecule has 0 bridgehead atoms. The summed E-state index contributed by atoms with van der Waals surface area (Å²) in [7, 11) is -3.55. The van der Waals surface area contributed by atoms with Crippen molar-refractivity contribution in [2.75, 3.05) is 12.9 Å². The van der Waals surface area contributed by atoms with Crippen LogP contribution in [0.3, 0.4) is 0 Å². The number of nitrogens with one attached hydrogen (secondary N) is 1. The molecule has 0 saturated carbocycles. The molecule has 6 nitrogen and oxygen atoms in total. The Balaban J connectivity index is 3.12. The number of hydrogen-bond acceptors (Lipinski definition) is 4. The van der Waals surface area contributed by atoms with Gasteiger partial charge in [-0.05, 0) is 26.0 Å². The molecule has 1 aromatic heterocycles. The average Bonchev–Trinajstić information content (AvgIpc) is 2.40. The molecule has 0 amide bonds. The van der Waals surface area contributed by atoms with Crippen LogP contribution in [0, 0.1) is 11.8 Å². The van der Waals surface area contributed by atoms with Crippen LogP contribution in [0.1, 0.15) is 25.2 Å². The van der Waals surface area contributed by atoms with Crippen molar-refractivity contribution in [3.05, 3.63) is 29.6 Å². The number of hydroxylamine groups is 1. The van der Waals surface area contributed by atoms with E-state index in [4.69, 9.17) is 4.84 Å². The summed E-state index contributed by atoms with van der Waals surface area (Å²) >= 11 is 0. The lowest BCUT2D eigenvalue weighted by atomic mass is 10.2. The Morgan fingerprint density at radius 1 is 1.50 bits per heavy atom. The molecule has 0 unspecified atom stereocenters. The van der Waals surface area contributed by atoms with Gasteiger partial charge in [-0.15, -0.1) is 10.3 Å². The van der Waals surface area contributed by atoms with E-state index in [0.29, 0.717) is 18.7 Å². The van der Waals surface area contributed by atoms with Crippen molar-refractivity contribution in [3.8, 4) is 11.8 Å². The summed E-state index contributed by atoms with van der Waals surface area (Å²) in [6.07, 6.45) is 1.50. The Bertz CT molecular complexity index is 642. The molecule has 0 atom stereocenters. The highest BCUT2D eigenvalue weighted by Gasteiger charge is 2.10. The minimum absolute atomic E-state index is 0.0562. The van der Waals surface area contributed by atoms with Crippen LogP contribution in [0.2, 0.25) is 0 Å². The van der Waals surface area contributed by atoms with Gasteiger partial charge in [-0.1, -0.05) is 12.0 Å². The molecule has 0 radical (unpaired) electrons. The summed E-state index contributed by atoms with van der Waals surface area (Å²) in [5.41, 5.74) is 3.62. The molecule has 0 aliphatic carbocycles. The number of nitrogens with zero attached hydrogens (tertiary/aromatic N) is 2. The van der Waals surface area contributed by atoms with Crippen LogP contribution in [-0.4, -0.2) is 32.1 Å². The van der Waals surface area contributed by atoms with E-state index in [2.05, 4.69) is 26.7 Å². The summed E-state index contributed by atoms with van der Waals surface area (Å²) in [5, 5.41) is 0. The topological polar surface area (TPSA) is 80.7 Å². The van der Waals surface area contributed by atoms with Crippen molar-refractivity contribution in [2.45, 2.75) is 20.3 Å². The Morgan fingerprint density at radius 2 is 2.25 bits per heavy atom. The summed E-state index contributed by atoms with van der Waals surface area (Å²) in [4.78, 5) is 9.31. The predicted octanol–water partition coefficient (Wildman–Crippen LogP) is 0.895. The Kier molecular flexibility index (Phi) is 6.15. The molecular formula is C13H17N3O3S. The highest BCUT2D eigenvalue weighted by atomic mass is 32.2. The fourth-order valence-corrected chi connectivity index (χ4v) is 1.78. The third kappa shape index (κ3) is 5.82. The van der Waals surface area contributed by atoms with Crippen molar-refractivity contribution in [2.24, 2.45) is 4.40 Å². The van der Waals surface area contributed by atoms with Gasteiger partial charge in [0.2, 0.25) is 0 Å². The molecule has 0 aliphatic rings. The minimum Gasteiger partial charge on any atom is -0.275 e. The molecule has 7 heteroatoms. The third-order valence-electron chi connectivity index (χ3n) is 2.07. The molecule has 108 valence electrons. The second-order valence-corrected chi connectivity index (χ2v) is 5.47. The largest absolute Gasteiger partial charge is 0.275 e. The van der Waals surface area contributed by atoms with E-state index in [1.54, 1.807) is 26.0 Å². The molecule has 1 N–H and O–H groups in total. The van der Waals surface area contributed by atoms with Gasteiger partial charge >= 0.3 is 0 Å². The highest BCUT2D eigenvalue weighted by molar-refractivity contribution is 7.89. The van der Waals surface area contributed by atoms with Gasteiger partial charge in [-0.3, -0.25) is 4.84 Å². The van der Waals surface area contributed by atoms with Crippen molar-refractivity contribution in [1.82, 2.24) is 10.5 Å². The maximum atomic E-state index is 11.3. The molecule has 1 heterocycles. The van der Waals surface area contributed by atoms with E-state index in [-0.39, 0.29) is 5.84 Å². The van der Waals surface area contributed by atoms with Crippen LogP contribution in [0.25, 0.3) is 0 Å².